The summed E-state index contributed by atoms with van der Waals surface area (Å²) in [5.74, 6) is 1.46. The molecule has 0 fully saturated rings. The van der Waals surface area contributed by atoms with Crippen LogP contribution in [0.4, 0.5) is 0 Å². The summed E-state index contributed by atoms with van der Waals surface area (Å²) in [6.07, 6.45) is 1.56. The number of methoxy groups -OCH3 is 2. The second-order valence-corrected chi connectivity index (χ2v) is 9.09. The number of benzene rings is 2. The first kappa shape index (κ1) is 24.2. The van der Waals surface area contributed by atoms with Gasteiger partial charge in [-0.1, -0.05) is 24.3 Å². The summed E-state index contributed by atoms with van der Waals surface area (Å²) < 4.78 is 17.5. The number of hydrogen-bond donors (Lipinski definition) is 1. The zero-order valence-electron chi connectivity index (χ0n) is 20.9. The number of carbonyl (C=O) groups excluding carboxylic acids is 2. The molecular formula is C28H28N4O5. The summed E-state index contributed by atoms with van der Waals surface area (Å²) in [5, 5.41) is 7.60. The molecule has 0 saturated carbocycles. The van der Waals surface area contributed by atoms with Gasteiger partial charge in [0.15, 0.2) is 5.76 Å². The van der Waals surface area contributed by atoms with Crippen molar-refractivity contribution >= 4 is 11.8 Å². The van der Waals surface area contributed by atoms with Gasteiger partial charge in [-0.3, -0.25) is 14.3 Å². The summed E-state index contributed by atoms with van der Waals surface area (Å²) in [6.45, 7) is 2.53. The Bertz CT molecular complexity index is 1390. The van der Waals surface area contributed by atoms with E-state index in [1.54, 1.807) is 55.2 Å². The highest BCUT2D eigenvalue weighted by molar-refractivity contribution is 6.00. The fraction of sp³-hybridized carbons (Fsp3) is 0.250. The van der Waals surface area contributed by atoms with E-state index in [2.05, 4.69) is 10.4 Å². The standard InChI is InChI=1S/C28H28N4O5/c1-28(27(34)29-16-19-6-10-21(35-2)11-7-19)18-32-24(15-23(30-32)25-5-4-14-37-25)26(33)31(28)17-20-8-12-22(36-3)13-9-20/h4-15H,16-18H2,1-3H3,(H,29,34). The van der Waals surface area contributed by atoms with E-state index in [4.69, 9.17) is 13.9 Å². The van der Waals surface area contributed by atoms with E-state index in [-0.39, 0.29) is 24.9 Å². The zero-order chi connectivity index (χ0) is 26.0. The van der Waals surface area contributed by atoms with Gasteiger partial charge < -0.3 is 24.1 Å². The summed E-state index contributed by atoms with van der Waals surface area (Å²) in [7, 11) is 3.21. The maximum Gasteiger partial charge on any atom is 0.273 e. The third kappa shape index (κ3) is 4.67. The number of hydrogen-bond acceptors (Lipinski definition) is 6. The number of fused-ring (bicyclic) bond motifs is 1. The number of rotatable bonds is 8. The molecule has 0 bridgehead atoms. The lowest BCUT2D eigenvalue weighted by atomic mass is 9.94. The summed E-state index contributed by atoms with van der Waals surface area (Å²) in [6, 6.07) is 20.2. The summed E-state index contributed by atoms with van der Waals surface area (Å²) in [4.78, 5) is 29.1. The Morgan fingerprint density at radius 1 is 1.03 bits per heavy atom. The van der Waals surface area contributed by atoms with E-state index < -0.39 is 5.54 Å². The van der Waals surface area contributed by atoms with Crippen molar-refractivity contribution in [1.82, 2.24) is 20.0 Å². The number of furan rings is 1. The van der Waals surface area contributed by atoms with Gasteiger partial charge in [-0.15, -0.1) is 0 Å². The molecule has 0 saturated heterocycles. The van der Waals surface area contributed by atoms with E-state index in [0.29, 0.717) is 23.7 Å². The molecule has 2 aromatic heterocycles. The highest BCUT2D eigenvalue weighted by Gasteiger charge is 2.48. The largest absolute Gasteiger partial charge is 0.497 e. The molecule has 4 aromatic rings. The van der Waals surface area contributed by atoms with Crippen LogP contribution in [0, 0.1) is 0 Å². The summed E-state index contributed by atoms with van der Waals surface area (Å²) >= 11 is 0. The first-order valence-electron chi connectivity index (χ1n) is 11.9. The highest BCUT2D eigenvalue weighted by Crippen LogP contribution is 2.32. The molecule has 9 heteroatoms. The van der Waals surface area contributed by atoms with Crippen LogP contribution in [-0.4, -0.2) is 46.3 Å². The van der Waals surface area contributed by atoms with Crippen LogP contribution in [0.3, 0.4) is 0 Å². The van der Waals surface area contributed by atoms with Crippen molar-refractivity contribution in [3.8, 4) is 23.0 Å². The van der Waals surface area contributed by atoms with Crippen LogP contribution in [-0.2, 0) is 24.4 Å². The first-order chi connectivity index (χ1) is 17.9. The molecule has 1 N–H and O–H groups in total. The molecule has 1 unspecified atom stereocenters. The number of aromatic nitrogens is 2. The fourth-order valence-corrected chi connectivity index (χ4v) is 4.46. The van der Waals surface area contributed by atoms with Crippen molar-refractivity contribution in [2.75, 3.05) is 14.2 Å². The monoisotopic (exact) mass is 500 g/mol. The topological polar surface area (TPSA) is 98.8 Å². The Hall–Kier alpha value is -4.53. The molecule has 2 aromatic carbocycles. The van der Waals surface area contributed by atoms with Crippen molar-refractivity contribution in [1.29, 1.82) is 0 Å². The molecule has 0 aliphatic carbocycles. The molecular weight excluding hydrogens is 472 g/mol. The number of amides is 2. The summed E-state index contributed by atoms with van der Waals surface area (Å²) in [5.41, 5.74) is 1.55. The van der Waals surface area contributed by atoms with Gasteiger partial charge in [-0.2, -0.15) is 5.10 Å². The van der Waals surface area contributed by atoms with Crippen molar-refractivity contribution < 1.29 is 23.5 Å². The SMILES string of the molecule is COc1ccc(CNC(=O)C2(C)Cn3nc(-c4ccco4)cc3C(=O)N2Cc2ccc(OC)cc2)cc1. The third-order valence-corrected chi connectivity index (χ3v) is 6.67. The van der Waals surface area contributed by atoms with Crippen molar-refractivity contribution in [3.63, 3.8) is 0 Å². The van der Waals surface area contributed by atoms with E-state index in [1.165, 1.54) is 0 Å². The normalized spacial score (nSPS) is 16.8. The van der Waals surface area contributed by atoms with E-state index in [1.807, 2.05) is 48.5 Å². The molecule has 1 aliphatic heterocycles. The molecule has 9 nitrogen and oxygen atoms in total. The lowest BCUT2D eigenvalue weighted by Crippen LogP contribution is -2.63. The van der Waals surface area contributed by atoms with Gasteiger partial charge in [0.1, 0.15) is 28.4 Å². The van der Waals surface area contributed by atoms with E-state index in [9.17, 15) is 9.59 Å². The van der Waals surface area contributed by atoms with Crippen LogP contribution in [0.1, 0.15) is 28.5 Å². The number of nitrogens with one attached hydrogen (secondary N) is 1. The fourth-order valence-electron chi connectivity index (χ4n) is 4.46. The number of ether oxygens (including phenoxy) is 2. The average molecular weight is 501 g/mol. The maximum atomic E-state index is 13.8. The zero-order valence-corrected chi connectivity index (χ0v) is 20.9. The Morgan fingerprint density at radius 2 is 1.68 bits per heavy atom. The minimum atomic E-state index is -1.19. The number of carbonyl (C=O) groups is 2. The van der Waals surface area contributed by atoms with Crippen LogP contribution in [0.15, 0.2) is 77.4 Å². The molecule has 1 aliphatic rings. The molecule has 0 spiro atoms. The Labute approximate surface area is 214 Å². The average Bonchev–Trinajstić information content (AvgIpc) is 3.61. The smallest absolute Gasteiger partial charge is 0.273 e. The van der Waals surface area contributed by atoms with Crippen molar-refractivity contribution in [3.05, 3.63) is 89.8 Å². The second kappa shape index (κ2) is 9.85. The van der Waals surface area contributed by atoms with Crippen LogP contribution < -0.4 is 14.8 Å². The minimum Gasteiger partial charge on any atom is -0.497 e. The predicted octanol–water partition coefficient (Wildman–Crippen LogP) is 3.89. The van der Waals surface area contributed by atoms with Gasteiger partial charge in [0.25, 0.3) is 5.91 Å². The third-order valence-electron chi connectivity index (χ3n) is 6.67. The molecule has 0 radical (unpaired) electrons. The van der Waals surface area contributed by atoms with Gasteiger partial charge in [-0.05, 0) is 54.4 Å². The van der Waals surface area contributed by atoms with Gasteiger partial charge >= 0.3 is 0 Å². The van der Waals surface area contributed by atoms with E-state index in [0.717, 1.165) is 22.6 Å². The molecule has 1 atom stereocenters. The Balaban J connectivity index is 1.45. The second-order valence-electron chi connectivity index (χ2n) is 9.09. The van der Waals surface area contributed by atoms with Crippen molar-refractivity contribution in [2.24, 2.45) is 0 Å². The Kier molecular flexibility index (Phi) is 6.43. The predicted molar refractivity (Wildman–Crippen MR) is 136 cm³/mol. The van der Waals surface area contributed by atoms with Gasteiger partial charge in [-0.25, -0.2) is 0 Å². The van der Waals surface area contributed by atoms with Gasteiger partial charge in [0, 0.05) is 19.2 Å². The van der Waals surface area contributed by atoms with Crippen LogP contribution in [0.5, 0.6) is 11.5 Å². The molecule has 37 heavy (non-hydrogen) atoms. The highest BCUT2D eigenvalue weighted by atomic mass is 16.5. The van der Waals surface area contributed by atoms with Gasteiger partial charge in [0.2, 0.25) is 5.91 Å². The van der Waals surface area contributed by atoms with E-state index >= 15 is 0 Å². The number of nitrogens with zero attached hydrogens (tertiary/aromatic N) is 3. The molecule has 2 amide bonds. The Morgan fingerprint density at radius 3 is 2.27 bits per heavy atom. The van der Waals surface area contributed by atoms with Crippen LogP contribution in [0.25, 0.3) is 11.5 Å². The van der Waals surface area contributed by atoms with Crippen LogP contribution >= 0.6 is 0 Å². The molecule has 190 valence electrons. The molecule has 5 rings (SSSR count). The van der Waals surface area contributed by atoms with Crippen molar-refractivity contribution in [2.45, 2.75) is 32.1 Å². The maximum absolute atomic E-state index is 13.8. The lowest BCUT2D eigenvalue weighted by Gasteiger charge is -2.43. The molecule has 3 heterocycles. The van der Waals surface area contributed by atoms with Crippen LogP contribution in [0.2, 0.25) is 0 Å². The van der Waals surface area contributed by atoms with Gasteiger partial charge in [0.05, 0.1) is 27.0 Å². The quantitative estimate of drug-likeness (QED) is 0.394. The lowest BCUT2D eigenvalue weighted by molar-refractivity contribution is -0.133. The first-order valence-corrected chi connectivity index (χ1v) is 11.9. The minimum absolute atomic E-state index is 0.194.